The topological polar surface area (TPSA) is 77.2 Å². The number of ether oxygens (including phenoxy) is 1. The van der Waals surface area contributed by atoms with Gasteiger partial charge in [-0.15, -0.1) is 0 Å². The standard InChI is InChI=1S/C10H15N3O2.C2H6/c1-10(2,3)15-9(14)13-8-6-7(11)4-5-12-8;1-2/h4-6H,1-3H3,(H3,11,12,13,14);1-2H3. The van der Waals surface area contributed by atoms with Crippen LogP contribution >= 0.6 is 0 Å². The van der Waals surface area contributed by atoms with Crippen molar-refractivity contribution < 1.29 is 9.53 Å². The molecule has 0 spiro atoms. The molecule has 0 atom stereocenters. The van der Waals surface area contributed by atoms with Crippen LogP contribution in [0.1, 0.15) is 34.6 Å². The van der Waals surface area contributed by atoms with Gasteiger partial charge in [-0.05, 0) is 26.8 Å². The first-order chi connectivity index (χ1) is 7.87. The first-order valence-corrected chi connectivity index (χ1v) is 5.58. The number of hydrogen-bond acceptors (Lipinski definition) is 4. The number of nitrogens with two attached hydrogens (primary N) is 1. The summed E-state index contributed by atoms with van der Waals surface area (Å²) in [6.45, 7) is 9.37. The number of pyridine rings is 1. The Morgan fingerprint density at radius 2 is 2.00 bits per heavy atom. The Morgan fingerprint density at radius 3 is 2.47 bits per heavy atom. The Morgan fingerprint density at radius 1 is 1.41 bits per heavy atom. The van der Waals surface area contributed by atoms with Crippen LogP contribution in [0.15, 0.2) is 18.3 Å². The van der Waals surface area contributed by atoms with E-state index in [1.54, 1.807) is 32.9 Å². The molecule has 1 aromatic rings. The molecule has 0 radical (unpaired) electrons. The van der Waals surface area contributed by atoms with Crippen molar-refractivity contribution in [3.8, 4) is 0 Å². The average Bonchev–Trinajstić information content (AvgIpc) is 2.17. The van der Waals surface area contributed by atoms with Gasteiger partial charge in [0.1, 0.15) is 11.4 Å². The highest BCUT2D eigenvalue weighted by Crippen LogP contribution is 2.11. The van der Waals surface area contributed by atoms with Gasteiger partial charge < -0.3 is 10.5 Å². The third kappa shape index (κ3) is 7.16. The fourth-order valence-electron chi connectivity index (χ4n) is 0.923. The van der Waals surface area contributed by atoms with Crippen molar-refractivity contribution in [2.45, 2.75) is 40.2 Å². The van der Waals surface area contributed by atoms with Crippen LogP contribution in [0.3, 0.4) is 0 Å². The maximum Gasteiger partial charge on any atom is 0.413 e. The van der Waals surface area contributed by atoms with Gasteiger partial charge in [-0.1, -0.05) is 13.8 Å². The number of nitrogens with one attached hydrogen (secondary N) is 1. The minimum absolute atomic E-state index is 0.379. The molecule has 0 fully saturated rings. The predicted octanol–water partition coefficient (Wildman–Crippen LogP) is 3.04. The molecule has 3 N–H and O–H groups in total. The lowest BCUT2D eigenvalue weighted by molar-refractivity contribution is 0.0635. The molecule has 5 nitrogen and oxygen atoms in total. The van der Waals surface area contributed by atoms with E-state index in [2.05, 4.69) is 10.3 Å². The largest absolute Gasteiger partial charge is 0.444 e. The van der Waals surface area contributed by atoms with Crippen molar-refractivity contribution in [2.24, 2.45) is 0 Å². The van der Waals surface area contributed by atoms with E-state index in [9.17, 15) is 4.79 Å². The lowest BCUT2D eigenvalue weighted by Crippen LogP contribution is -2.27. The van der Waals surface area contributed by atoms with Crippen LogP contribution in [0, 0.1) is 0 Å². The second-order valence-electron chi connectivity index (χ2n) is 4.10. The lowest BCUT2D eigenvalue weighted by Gasteiger charge is -2.19. The van der Waals surface area contributed by atoms with Crippen molar-refractivity contribution in [1.82, 2.24) is 4.98 Å². The van der Waals surface area contributed by atoms with Crippen LogP contribution in [0.25, 0.3) is 0 Å². The Kier molecular flexibility index (Phi) is 6.02. The Hall–Kier alpha value is -1.78. The van der Waals surface area contributed by atoms with Crippen LogP contribution in [0.2, 0.25) is 0 Å². The maximum absolute atomic E-state index is 11.3. The summed E-state index contributed by atoms with van der Waals surface area (Å²) in [5, 5.41) is 2.49. The van der Waals surface area contributed by atoms with E-state index >= 15 is 0 Å². The summed E-state index contributed by atoms with van der Waals surface area (Å²) in [4.78, 5) is 15.2. The summed E-state index contributed by atoms with van der Waals surface area (Å²) in [7, 11) is 0. The molecule has 0 aliphatic heterocycles. The molecule has 0 unspecified atom stereocenters. The molecular formula is C12H21N3O2. The summed E-state index contributed by atoms with van der Waals surface area (Å²) in [5.41, 5.74) is 5.54. The number of aromatic nitrogens is 1. The number of carbonyl (C=O) groups excluding carboxylic acids is 1. The van der Waals surface area contributed by atoms with Crippen LogP contribution in [0.5, 0.6) is 0 Å². The fraction of sp³-hybridized carbons (Fsp3) is 0.500. The molecule has 1 rings (SSSR count). The van der Waals surface area contributed by atoms with Gasteiger partial charge in [-0.3, -0.25) is 5.32 Å². The van der Waals surface area contributed by atoms with Crippen molar-refractivity contribution in [1.29, 1.82) is 0 Å². The van der Waals surface area contributed by atoms with Crippen molar-refractivity contribution >= 4 is 17.6 Å². The normalized spacial score (nSPS) is 9.94. The number of carbonyl (C=O) groups is 1. The first-order valence-electron chi connectivity index (χ1n) is 5.58. The summed E-state index contributed by atoms with van der Waals surface area (Å²) < 4.78 is 5.05. The molecule has 1 amide bonds. The second-order valence-corrected chi connectivity index (χ2v) is 4.10. The molecule has 0 saturated carbocycles. The fourth-order valence-corrected chi connectivity index (χ4v) is 0.923. The van der Waals surface area contributed by atoms with Gasteiger partial charge in [-0.2, -0.15) is 0 Å². The third-order valence-electron chi connectivity index (χ3n) is 1.41. The smallest absolute Gasteiger partial charge is 0.413 e. The molecule has 5 heteroatoms. The zero-order valence-corrected chi connectivity index (χ0v) is 11.1. The zero-order valence-electron chi connectivity index (χ0n) is 11.1. The maximum atomic E-state index is 11.3. The predicted molar refractivity (Wildman–Crippen MR) is 69.9 cm³/mol. The van der Waals surface area contributed by atoms with Gasteiger partial charge >= 0.3 is 6.09 Å². The van der Waals surface area contributed by atoms with Crippen molar-refractivity contribution in [3.05, 3.63) is 18.3 Å². The highest BCUT2D eigenvalue weighted by Gasteiger charge is 2.16. The highest BCUT2D eigenvalue weighted by atomic mass is 16.6. The van der Waals surface area contributed by atoms with E-state index in [1.807, 2.05) is 13.8 Å². The van der Waals surface area contributed by atoms with E-state index in [-0.39, 0.29) is 0 Å². The van der Waals surface area contributed by atoms with Crippen LogP contribution in [-0.2, 0) is 4.74 Å². The molecule has 0 aliphatic carbocycles. The second kappa shape index (κ2) is 6.73. The van der Waals surface area contributed by atoms with Crippen LogP contribution in [-0.4, -0.2) is 16.7 Å². The molecule has 0 bridgehead atoms. The third-order valence-corrected chi connectivity index (χ3v) is 1.41. The van der Waals surface area contributed by atoms with E-state index in [1.165, 1.54) is 6.20 Å². The number of anilines is 2. The van der Waals surface area contributed by atoms with Crippen molar-refractivity contribution in [2.75, 3.05) is 11.1 Å². The van der Waals surface area contributed by atoms with Gasteiger partial charge in [0.25, 0.3) is 0 Å². The number of rotatable bonds is 1. The van der Waals surface area contributed by atoms with Gasteiger partial charge in [-0.25, -0.2) is 9.78 Å². The first kappa shape index (κ1) is 15.2. The van der Waals surface area contributed by atoms with E-state index in [0.29, 0.717) is 11.5 Å². The minimum atomic E-state index is -0.541. The Labute approximate surface area is 102 Å². The van der Waals surface area contributed by atoms with E-state index < -0.39 is 11.7 Å². The van der Waals surface area contributed by atoms with Gasteiger partial charge in [0, 0.05) is 18.0 Å². The molecule has 17 heavy (non-hydrogen) atoms. The monoisotopic (exact) mass is 239 g/mol. The van der Waals surface area contributed by atoms with Gasteiger partial charge in [0.05, 0.1) is 0 Å². The van der Waals surface area contributed by atoms with E-state index in [4.69, 9.17) is 10.5 Å². The molecular weight excluding hydrogens is 218 g/mol. The Balaban J connectivity index is 0.00000121. The summed E-state index contributed by atoms with van der Waals surface area (Å²) in [6.07, 6.45) is 0.975. The molecule has 0 saturated heterocycles. The average molecular weight is 239 g/mol. The summed E-state index contributed by atoms with van der Waals surface area (Å²) in [6, 6.07) is 3.20. The van der Waals surface area contributed by atoms with Crippen molar-refractivity contribution in [3.63, 3.8) is 0 Å². The van der Waals surface area contributed by atoms with Crippen LogP contribution < -0.4 is 11.1 Å². The van der Waals surface area contributed by atoms with Gasteiger partial charge in [0.15, 0.2) is 0 Å². The number of hydrogen-bond donors (Lipinski definition) is 2. The minimum Gasteiger partial charge on any atom is -0.444 e. The SMILES string of the molecule is CC.CC(C)(C)OC(=O)Nc1cc(N)ccn1. The number of amides is 1. The lowest BCUT2D eigenvalue weighted by atomic mass is 10.2. The number of nitrogens with zero attached hydrogens (tertiary/aromatic N) is 1. The quantitative estimate of drug-likeness (QED) is 0.789. The molecule has 1 heterocycles. The Bertz CT molecular complexity index is 359. The molecule has 0 aromatic carbocycles. The summed E-state index contributed by atoms with van der Waals surface area (Å²) in [5.74, 6) is 0.379. The zero-order chi connectivity index (χ0) is 13.5. The molecule has 96 valence electrons. The van der Waals surface area contributed by atoms with Gasteiger partial charge in [0.2, 0.25) is 0 Å². The highest BCUT2D eigenvalue weighted by molar-refractivity contribution is 5.84. The molecule has 0 aliphatic rings. The summed E-state index contributed by atoms with van der Waals surface area (Å²) >= 11 is 0. The molecule has 1 aromatic heterocycles. The van der Waals surface area contributed by atoms with E-state index in [0.717, 1.165) is 0 Å². The van der Waals surface area contributed by atoms with Crippen LogP contribution in [0.4, 0.5) is 16.3 Å². The number of nitrogen functional groups attached to an aromatic ring is 1.